The van der Waals surface area contributed by atoms with Crippen LogP contribution in [-0.2, 0) is 5.41 Å². The van der Waals surface area contributed by atoms with Gasteiger partial charge in [-0.1, -0.05) is 32.0 Å². The number of amides is 2. The highest BCUT2D eigenvalue weighted by atomic mass is 16.2. The maximum Gasteiger partial charge on any atom is 0.315 e. The molecule has 0 radical (unpaired) electrons. The number of aromatic nitrogens is 1. The van der Waals surface area contributed by atoms with E-state index in [4.69, 9.17) is 0 Å². The SMILES string of the molecule is Cc1[nH]c2ccccc2c1C(C)(C)CNC(=O)NC1CC1. The van der Waals surface area contributed by atoms with Crippen LogP contribution in [0.15, 0.2) is 24.3 Å². The zero-order valence-corrected chi connectivity index (χ0v) is 12.9. The summed E-state index contributed by atoms with van der Waals surface area (Å²) >= 11 is 0. The van der Waals surface area contributed by atoms with Gasteiger partial charge in [-0.15, -0.1) is 0 Å². The molecule has 112 valence electrons. The zero-order valence-electron chi connectivity index (χ0n) is 12.9. The summed E-state index contributed by atoms with van der Waals surface area (Å²) in [5.41, 5.74) is 3.49. The maximum atomic E-state index is 11.8. The fourth-order valence-electron chi connectivity index (χ4n) is 3.00. The Labute approximate surface area is 125 Å². The summed E-state index contributed by atoms with van der Waals surface area (Å²) < 4.78 is 0. The van der Waals surface area contributed by atoms with Crippen molar-refractivity contribution in [2.45, 2.75) is 45.1 Å². The number of para-hydroxylation sites is 1. The van der Waals surface area contributed by atoms with Crippen LogP contribution in [0.4, 0.5) is 4.79 Å². The number of aryl methyl sites for hydroxylation is 1. The van der Waals surface area contributed by atoms with Crippen molar-refractivity contribution in [1.29, 1.82) is 0 Å². The lowest BCUT2D eigenvalue weighted by molar-refractivity contribution is 0.238. The molecule has 1 aromatic heterocycles. The molecule has 3 rings (SSSR count). The number of rotatable bonds is 4. The fourth-order valence-corrected chi connectivity index (χ4v) is 3.00. The Morgan fingerprint density at radius 3 is 2.76 bits per heavy atom. The molecule has 4 nitrogen and oxygen atoms in total. The largest absolute Gasteiger partial charge is 0.358 e. The first-order valence-corrected chi connectivity index (χ1v) is 7.59. The summed E-state index contributed by atoms with van der Waals surface area (Å²) in [5.74, 6) is 0. The van der Waals surface area contributed by atoms with Gasteiger partial charge in [0, 0.05) is 34.6 Å². The van der Waals surface area contributed by atoms with Gasteiger partial charge in [0.05, 0.1) is 0 Å². The highest BCUT2D eigenvalue weighted by Crippen LogP contribution is 2.33. The molecular formula is C17H23N3O. The molecule has 1 aromatic carbocycles. The first-order valence-electron chi connectivity index (χ1n) is 7.59. The van der Waals surface area contributed by atoms with Gasteiger partial charge in [-0.3, -0.25) is 0 Å². The number of fused-ring (bicyclic) bond motifs is 1. The molecular weight excluding hydrogens is 262 g/mol. The van der Waals surface area contributed by atoms with Crippen molar-refractivity contribution in [2.75, 3.05) is 6.54 Å². The second-order valence-corrected chi connectivity index (χ2v) is 6.66. The molecule has 3 N–H and O–H groups in total. The van der Waals surface area contributed by atoms with Crippen molar-refractivity contribution in [3.63, 3.8) is 0 Å². The first kappa shape index (κ1) is 14.0. The molecule has 21 heavy (non-hydrogen) atoms. The van der Waals surface area contributed by atoms with Crippen LogP contribution in [-0.4, -0.2) is 23.6 Å². The van der Waals surface area contributed by atoms with Crippen LogP contribution in [0.3, 0.4) is 0 Å². The predicted molar refractivity (Wildman–Crippen MR) is 85.6 cm³/mol. The second-order valence-electron chi connectivity index (χ2n) is 6.66. The summed E-state index contributed by atoms with van der Waals surface area (Å²) in [7, 11) is 0. The summed E-state index contributed by atoms with van der Waals surface area (Å²) in [5, 5.41) is 7.22. The molecule has 2 amide bonds. The summed E-state index contributed by atoms with van der Waals surface area (Å²) in [6.45, 7) is 7.07. The minimum Gasteiger partial charge on any atom is -0.358 e. The van der Waals surface area contributed by atoms with Crippen molar-refractivity contribution in [3.8, 4) is 0 Å². The number of benzene rings is 1. The number of urea groups is 1. The van der Waals surface area contributed by atoms with Crippen molar-refractivity contribution in [3.05, 3.63) is 35.5 Å². The van der Waals surface area contributed by atoms with E-state index in [1.54, 1.807) is 0 Å². The second kappa shape index (κ2) is 5.10. The molecule has 1 aliphatic rings. The number of hydrogen-bond donors (Lipinski definition) is 3. The van der Waals surface area contributed by atoms with Crippen LogP contribution in [0.25, 0.3) is 10.9 Å². The zero-order chi connectivity index (χ0) is 15.0. The molecule has 4 heteroatoms. The van der Waals surface area contributed by atoms with Crippen LogP contribution in [0.2, 0.25) is 0 Å². The van der Waals surface area contributed by atoms with Gasteiger partial charge in [0.15, 0.2) is 0 Å². The number of carbonyl (C=O) groups is 1. The lowest BCUT2D eigenvalue weighted by Crippen LogP contribution is -2.43. The van der Waals surface area contributed by atoms with Crippen molar-refractivity contribution < 1.29 is 4.79 Å². The number of hydrogen-bond acceptors (Lipinski definition) is 1. The molecule has 0 unspecified atom stereocenters. The van der Waals surface area contributed by atoms with Gasteiger partial charge in [-0.05, 0) is 31.4 Å². The van der Waals surface area contributed by atoms with Crippen LogP contribution in [0, 0.1) is 6.92 Å². The van der Waals surface area contributed by atoms with Gasteiger partial charge in [-0.25, -0.2) is 4.79 Å². The minimum absolute atomic E-state index is 0.0527. The van der Waals surface area contributed by atoms with Crippen molar-refractivity contribution >= 4 is 16.9 Å². The first-order chi connectivity index (χ1) is 9.97. The Morgan fingerprint density at radius 1 is 1.33 bits per heavy atom. The molecule has 0 saturated heterocycles. The van der Waals surface area contributed by atoms with Gasteiger partial charge in [0.1, 0.15) is 0 Å². The van der Waals surface area contributed by atoms with E-state index in [0.29, 0.717) is 12.6 Å². The predicted octanol–water partition coefficient (Wildman–Crippen LogP) is 3.22. The number of nitrogens with one attached hydrogen (secondary N) is 3. The highest BCUT2D eigenvalue weighted by Gasteiger charge is 2.28. The lowest BCUT2D eigenvalue weighted by Gasteiger charge is -2.26. The van der Waals surface area contributed by atoms with Crippen molar-refractivity contribution in [2.24, 2.45) is 0 Å². The third-order valence-corrected chi connectivity index (χ3v) is 4.17. The topological polar surface area (TPSA) is 56.9 Å². The fraction of sp³-hybridized carbons (Fsp3) is 0.471. The summed E-state index contributed by atoms with van der Waals surface area (Å²) in [4.78, 5) is 15.3. The van der Waals surface area contributed by atoms with Gasteiger partial charge in [0.2, 0.25) is 0 Å². The quantitative estimate of drug-likeness (QED) is 0.793. The molecule has 0 spiro atoms. The van der Waals surface area contributed by atoms with E-state index in [1.165, 1.54) is 16.6 Å². The number of H-pyrrole nitrogens is 1. The molecule has 0 atom stereocenters. The maximum absolute atomic E-state index is 11.8. The van der Waals surface area contributed by atoms with Crippen LogP contribution >= 0.6 is 0 Å². The van der Waals surface area contributed by atoms with E-state index in [-0.39, 0.29) is 11.4 Å². The Kier molecular flexibility index (Phi) is 3.40. The Balaban J connectivity index is 1.78. The van der Waals surface area contributed by atoms with E-state index in [1.807, 2.05) is 6.07 Å². The lowest BCUT2D eigenvalue weighted by atomic mass is 9.82. The number of aromatic amines is 1. The van der Waals surface area contributed by atoms with Crippen LogP contribution in [0.1, 0.15) is 37.9 Å². The van der Waals surface area contributed by atoms with Gasteiger partial charge >= 0.3 is 6.03 Å². The molecule has 2 aromatic rings. The minimum atomic E-state index is -0.120. The van der Waals surface area contributed by atoms with Crippen LogP contribution < -0.4 is 10.6 Å². The molecule has 1 fully saturated rings. The Morgan fingerprint density at radius 2 is 2.05 bits per heavy atom. The van der Waals surface area contributed by atoms with Crippen molar-refractivity contribution in [1.82, 2.24) is 15.6 Å². The third-order valence-electron chi connectivity index (χ3n) is 4.17. The Bertz CT molecular complexity index is 668. The Hall–Kier alpha value is -1.97. The highest BCUT2D eigenvalue weighted by molar-refractivity contribution is 5.86. The van der Waals surface area contributed by atoms with Gasteiger partial charge in [-0.2, -0.15) is 0 Å². The molecule has 1 aliphatic carbocycles. The smallest absolute Gasteiger partial charge is 0.315 e. The third kappa shape index (κ3) is 2.89. The number of carbonyl (C=O) groups excluding carboxylic acids is 1. The average Bonchev–Trinajstić information content (AvgIpc) is 3.15. The van der Waals surface area contributed by atoms with E-state index in [0.717, 1.165) is 18.4 Å². The molecule has 0 bridgehead atoms. The normalized spacial score (nSPS) is 15.2. The molecule has 1 heterocycles. The van der Waals surface area contributed by atoms with E-state index in [2.05, 4.69) is 54.6 Å². The van der Waals surface area contributed by atoms with E-state index < -0.39 is 0 Å². The van der Waals surface area contributed by atoms with E-state index in [9.17, 15) is 4.79 Å². The monoisotopic (exact) mass is 285 g/mol. The standard InChI is InChI=1S/C17H23N3O/c1-11-15(13-6-4-5-7-14(13)19-11)17(2,3)10-18-16(21)20-12-8-9-12/h4-7,12,19H,8-10H2,1-3H3,(H2,18,20,21). The molecule has 0 aliphatic heterocycles. The van der Waals surface area contributed by atoms with Gasteiger partial charge < -0.3 is 15.6 Å². The van der Waals surface area contributed by atoms with Gasteiger partial charge in [0.25, 0.3) is 0 Å². The average molecular weight is 285 g/mol. The van der Waals surface area contributed by atoms with E-state index >= 15 is 0 Å². The van der Waals surface area contributed by atoms with Crippen LogP contribution in [0.5, 0.6) is 0 Å². The summed E-state index contributed by atoms with van der Waals surface area (Å²) in [6, 6.07) is 8.67. The summed E-state index contributed by atoms with van der Waals surface area (Å²) in [6.07, 6.45) is 2.22. The molecule has 1 saturated carbocycles.